The van der Waals surface area contributed by atoms with Crippen LogP contribution in [0.5, 0.6) is 0 Å². The van der Waals surface area contributed by atoms with Crippen molar-refractivity contribution in [3.8, 4) is 0 Å². The molecule has 1 atom stereocenters. The van der Waals surface area contributed by atoms with Gasteiger partial charge in [0.05, 0.1) is 22.4 Å². The molecule has 2 aliphatic rings. The zero-order chi connectivity index (χ0) is 24.5. The maximum absolute atomic E-state index is 13.3. The number of nitrogens with one attached hydrogen (secondary N) is 2. The summed E-state index contributed by atoms with van der Waals surface area (Å²) in [4.78, 5) is 36.3. The van der Waals surface area contributed by atoms with Gasteiger partial charge in [0.25, 0.3) is 5.91 Å². The highest BCUT2D eigenvalue weighted by Crippen LogP contribution is 2.45. The van der Waals surface area contributed by atoms with E-state index in [0.29, 0.717) is 16.5 Å². The molecule has 0 radical (unpaired) electrons. The van der Waals surface area contributed by atoms with Gasteiger partial charge in [0.15, 0.2) is 0 Å². The van der Waals surface area contributed by atoms with Crippen LogP contribution in [0.2, 0.25) is 0 Å². The number of nitrogens with zero attached hydrogens (tertiary/aromatic N) is 3. The van der Waals surface area contributed by atoms with E-state index in [4.69, 9.17) is 0 Å². The molecule has 3 aromatic rings. The molecule has 0 aliphatic carbocycles. The van der Waals surface area contributed by atoms with Crippen LogP contribution in [0.3, 0.4) is 0 Å². The van der Waals surface area contributed by atoms with Crippen LogP contribution in [0.25, 0.3) is 10.2 Å². The molecular weight excluding hydrogens is 458 g/mol. The minimum Gasteiger partial charge on any atom is -0.347 e. The SMILES string of the molecule is C=CCN1CCC[C@@H](NC(=O)c2sc3nccc4c3c2NC(=O)N4c2ccc(CC(C)C)cc2)C1. The molecule has 35 heavy (non-hydrogen) atoms. The van der Waals surface area contributed by atoms with Crippen molar-refractivity contribution in [2.45, 2.75) is 39.2 Å². The lowest BCUT2D eigenvalue weighted by Gasteiger charge is -2.32. The number of anilines is 3. The Morgan fingerprint density at radius 3 is 2.86 bits per heavy atom. The topological polar surface area (TPSA) is 77.6 Å². The van der Waals surface area contributed by atoms with E-state index in [0.717, 1.165) is 60.5 Å². The molecule has 182 valence electrons. The molecule has 0 spiro atoms. The van der Waals surface area contributed by atoms with Gasteiger partial charge in [0, 0.05) is 25.3 Å². The first-order valence-electron chi connectivity index (χ1n) is 12.2. The van der Waals surface area contributed by atoms with E-state index in [9.17, 15) is 9.59 Å². The van der Waals surface area contributed by atoms with Crippen molar-refractivity contribution in [1.29, 1.82) is 0 Å². The number of hydrogen-bond acceptors (Lipinski definition) is 5. The highest BCUT2D eigenvalue weighted by molar-refractivity contribution is 7.21. The number of benzene rings is 1. The summed E-state index contributed by atoms with van der Waals surface area (Å²) in [7, 11) is 0. The van der Waals surface area contributed by atoms with Crippen molar-refractivity contribution in [3.63, 3.8) is 0 Å². The Labute approximate surface area is 209 Å². The van der Waals surface area contributed by atoms with Crippen molar-refractivity contribution in [3.05, 3.63) is 59.6 Å². The molecule has 1 fully saturated rings. The predicted molar refractivity (Wildman–Crippen MR) is 143 cm³/mol. The molecule has 2 aromatic heterocycles. The average molecular weight is 490 g/mol. The number of carbonyl (C=O) groups excluding carboxylic acids is 2. The first-order chi connectivity index (χ1) is 16.9. The summed E-state index contributed by atoms with van der Waals surface area (Å²) in [6.07, 6.45) is 6.56. The lowest BCUT2D eigenvalue weighted by atomic mass is 10.0. The Morgan fingerprint density at radius 1 is 1.31 bits per heavy atom. The normalized spacial score (nSPS) is 18.1. The number of aromatic nitrogens is 1. The quantitative estimate of drug-likeness (QED) is 0.426. The fourth-order valence-electron chi connectivity index (χ4n) is 5.03. The number of carbonyl (C=O) groups is 2. The van der Waals surface area contributed by atoms with E-state index in [-0.39, 0.29) is 18.0 Å². The third kappa shape index (κ3) is 4.68. The number of thiophene rings is 1. The maximum Gasteiger partial charge on any atom is 0.331 e. The second kappa shape index (κ2) is 9.79. The lowest BCUT2D eigenvalue weighted by Crippen LogP contribution is -2.47. The Hall–Kier alpha value is -3.23. The van der Waals surface area contributed by atoms with Gasteiger partial charge in [-0.1, -0.05) is 32.1 Å². The third-order valence-corrected chi connectivity index (χ3v) is 7.62. The predicted octanol–water partition coefficient (Wildman–Crippen LogP) is 5.56. The smallest absolute Gasteiger partial charge is 0.331 e. The first-order valence-corrected chi connectivity index (χ1v) is 13.0. The Morgan fingerprint density at radius 2 is 2.11 bits per heavy atom. The minimum absolute atomic E-state index is 0.0705. The molecule has 3 amide bonds. The Balaban J connectivity index is 1.44. The molecule has 1 saturated heterocycles. The van der Waals surface area contributed by atoms with Gasteiger partial charge in [-0.15, -0.1) is 17.9 Å². The summed E-state index contributed by atoms with van der Waals surface area (Å²) >= 11 is 1.32. The van der Waals surface area contributed by atoms with E-state index < -0.39 is 0 Å². The second-order valence-electron chi connectivity index (χ2n) is 9.71. The van der Waals surface area contributed by atoms with Crippen molar-refractivity contribution >= 4 is 50.6 Å². The number of rotatable bonds is 7. The largest absolute Gasteiger partial charge is 0.347 e. The molecule has 4 heterocycles. The molecule has 2 N–H and O–H groups in total. The van der Waals surface area contributed by atoms with Crippen LogP contribution in [0.1, 0.15) is 41.9 Å². The Kier molecular flexibility index (Phi) is 6.58. The fourth-order valence-corrected chi connectivity index (χ4v) is 6.05. The van der Waals surface area contributed by atoms with Crippen LogP contribution in [0.15, 0.2) is 49.2 Å². The van der Waals surface area contributed by atoms with Crippen LogP contribution in [0, 0.1) is 5.92 Å². The molecule has 0 saturated carbocycles. The minimum atomic E-state index is -0.274. The van der Waals surface area contributed by atoms with Gasteiger partial charge in [-0.2, -0.15) is 0 Å². The van der Waals surface area contributed by atoms with Gasteiger partial charge >= 0.3 is 6.03 Å². The van der Waals surface area contributed by atoms with Crippen LogP contribution in [-0.2, 0) is 6.42 Å². The van der Waals surface area contributed by atoms with Gasteiger partial charge in [0.1, 0.15) is 9.71 Å². The highest BCUT2D eigenvalue weighted by Gasteiger charge is 2.33. The number of likely N-dealkylation sites (tertiary alicyclic amines) is 1. The van der Waals surface area contributed by atoms with Crippen molar-refractivity contribution in [2.75, 3.05) is 29.9 Å². The second-order valence-corrected chi connectivity index (χ2v) is 10.7. The fraction of sp³-hybridized carbons (Fsp3) is 0.370. The van der Waals surface area contributed by atoms with Gasteiger partial charge in [0.2, 0.25) is 0 Å². The summed E-state index contributed by atoms with van der Waals surface area (Å²) < 4.78 is 0. The van der Waals surface area contributed by atoms with E-state index in [2.05, 4.69) is 53.1 Å². The molecular formula is C27H31N5O2S. The number of pyridine rings is 1. The van der Waals surface area contributed by atoms with Gasteiger partial charge in [-0.25, -0.2) is 9.78 Å². The summed E-state index contributed by atoms with van der Waals surface area (Å²) in [5.41, 5.74) is 3.33. The lowest BCUT2D eigenvalue weighted by molar-refractivity contribution is 0.0913. The maximum atomic E-state index is 13.3. The molecule has 7 nitrogen and oxygen atoms in total. The highest BCUT2D eigenvalue weighted by atomic mass is 32.1. The van der Waals surface area contributed by atoms with Crippen molar-refractivity contribution in [2.24, 2.45) is 5.92 Å². The molecule has 1 aromatic carbocycles. The summed E-state index contributed by atoms with van der Waals surface area (Å²) in [6, 6.07) is 9.74. The molecule has 2 aliphatic heterocycles. The zero-order valence-corrected chi connectivity index (χ0v) is 21.0. The number of hydrogen-bond donors (Lipinski definition) is 2. The van der Waals surface area contributed by atoms with Crippen LogP contribution in [-0.4, -0.2) is 47.5 Å². The Bertz CT molecular complexity index is 1270. The van der Waals surface area contributed by atoms with E-state index in [1.54, 1.807) is 11.1 Å². The van der Waals surface area contributed by atoms with Crippen molar-refractivity contribution in [1.82, 2.24) is 15.2 Å². The third-order valence-electron chi connectivity index (χ3n) is 6.52. The standard InChI is InChI=1S/C27H31N5O2S/c1-4-13-31-14-5-6-19(16-31)29-25(33)24-23-22-21(11-12-28-26(22)35-24)32(27(34)30-23)20-9-7-18(8-10-20)15-17(2)3/h4,7-12,17,19H,1,5-6,13-16H2,2-3H3,(H,29,33)(H,30,34)/t19-/m1/s1. The zero-order valence-electron chi connectivity index (χ0n) is 20.2. The van der Waals surface area contributed by atoms with Crippen LogP contribution in [0.4, 0.5) is 21.9 Å². The van der Waals surface area contributed by atoms with Crippen LogP contribution < -0.4 is 15.5 Å². The van der Waals surface area contributed by atoms with E-state index in [1.807, 2.05) is 24.3 Å². The molecule has 5 rings (SSSR count). The molecule has 8 heteroatoms. The van der Waals surface area contributed by atoms with Crippen LogP contribution >= 0.6 is 11.3 Å². The van der Waals surface area contributed by atoms with Gasteiger partial charge < -0.3 is 10.6 Å². The van der Waals surface area contributed by atoms with E-state index in [1.165, 1.54) is 16.9 Å². The van der Waals surface area contributed by atoms with Gasteiger partial charge in [-0.3, -0.25) is 14.6 Å². The summed E-state index contributed by atoms with van der Waals surface area (Å²) in [6.45, 7) is 10.8. The van der Waals surface area contributed by atoms with E-state index >= 15 is 0 Å². The van der Waals surface area contributed by atoms with Crippen molar-refractivity contribution < 1.29 is 9.59 Å². The molecule has 0 bridgehead atoms. The molecule has 0 unspecified atom stereocenters. The average Bonchev–Trinajstić information content (AvgIpc) is 3.20. The number of piperidine rings is 1. The number of amides is 3. The summed E-state index contributed by atoms with van der Waals surface area (Å²) in [5.74, 6) is 0.404. The monoisotopic (exact) mass is 489 g/mol. The summed E-state index contributed by atoms with van der Waals surface area (Å²) in [5, 5.41) is 6.98. The number of urea groups is 1. The first kappa shape index (κ1) is 23.5. The van der Waals surface area contributed by atoms with Gasteiger partial charge in [-0.05, 0) is 55.5 Å².